The van der Waals surface area contributed by atoms with Crippen LogP contribution in [0.3, 0.4) is 0 Å². The summed E-state index contributed by atoms with van der Waals surface area (Å²) in [6, 6.07) is -0.352. The lowest BCUT2D eigenvalue weighted by molar-refractivity contribution is -0.145. The van der Waals surface area contributed by atoms with E-state index in [9.17, 15) is 18.0 Å². The number of rotatable bonds is 5. The molecule has 1 heterocycles. The number of carbonyl (C=O) groups is 1. The normalized spacial score (nSPS) is 25.3. The summed E-state index contributed by atoms with van der Waals surface area (Å²) >= 11 is 0. The highest BCUT2D eigenvalue weighted by atomic mass is 19.4. The minimum absolute atomic E-state index is 0.0905. The summed E-state index contributed by atoms with van der Waals surface area (Å²) in [6.07, 6.45) is -3.89. The van der Waals surface area contributed by atoms with Crippen molar-refractivity contribution in [3.05, 3.63) is 0 Å². The molecule has 0 bridgehead atoms. The van der Waals surface area contributed by atoms with E-state index in [4.69, 9.17) is 0 Å². The van der Waals surface area contributed by atoms with Gasteiger partial charge in [-0.15, -0.1) is 0 Å². The molecule has 0 aromatic heterocycles. The van der Waals surface area contributed by atoms with Crippen LogP contribution in [0, 0.1) is 5.92 Å². The van der Waals surface area contributed by atoms with Gasteiger partial charge in [-0.05, 0) is 12.3 Å². The Hall–Kier alpha value is -0.780. The lowest BCUT2D eigenvalue weighted by atomic mass is 10.1. The van der Waals surface area contributed by atoms with E-state index in [2.05, 4.69) is 5.32 Å². The van der Waals surface area contributed by atoms with Crippen LogP contribution in [0.5, 0.6) is 0 Å². The summed E-state index contributed by atoms with van der Waals surface area (Å²) in [6.45, 7) is 5.50. The number of alkyl halides is 3. The molecule has 1 saturated heterocycles. The number of nitrogens with zero attached hydrogens (tertiary/aromatic N) is 1. The van der Waals surface area contributed by atoms with Gasteiger partial charge in [-0.3, -0.25) is 10.1 Å². The van der Waals surface area contributed by atoms with Gasteiger partial charge in [-0.25, -0.2) is 0 Å². The topological polar surface area (TPSA) is 32.3 Å². The molecule has 0 spiro atoms. The maximum absolute atomic E-state index is 12.2. The summed E-state index contributed by atoms with van der Waals surface area (Å²) in [5.41, 5.74) is 0. The van der Waals surface area contributed by atoms with E-state index in [0.29, 0.717) is 6.42 Å². The monoisotopic (exact) mass is 266 g/mol. The van der Waals surface area contributed by atoms with Gasteiger partial charge in [0.1, 0.15) is 0 Å². The summed E-state index contributed by atoms with van der Waals surface area (Å²) in [7, 11) is 0. The molecular weight excluding hydrogens is 245 g/mol. The molecule has 1 fully saturated rings. The van der Waals surface area contributed by atoms with E-state index in [-0.39, 0.29) is 30.6 Å². The molecule has 0 aromatic rings. The predicted molar refractivity (Wildman–Crippen MR) is 62.8 cm³/mol. The van der Waals surface area contributed by atoms with Crippen molar-refractivity contribution in [3.63, 3.8) is 0 Å². The van der Waals surface area contributed by atoms with Crippen molar-refractivity contribution in [1.82, 2.24) is 10.2 Å². The molecule has 1 amide bonds. The summed E-state index contributed by atoms with van der Waals surface area (Å²) < 4.78 is 36.7. The highest BCUT2D eigenvalue weighted by Crippen LogP contribution is 2.24. The summed E-state index contributed by atoms with van der Waals surface area (Å²) in [4.78, 5) is 13.4. The minimum atomic E-state index is -4.22. The van der Waals surface area contributed by atoms with Crippen LogP contribution in [0.2, 0.25) is 0 Å². The van der Waals surface area contributed by atoms with Crippen molar-refractivity contribution in [2.24, 2.45) is 5.92 Å². The highest BCUT2D eigenvalue weighted by molar-refractivity contribution is 5.84. The number of nitrogens with one attached hydrogen (secondary N) is 1. The minimum Gasteiger partial charge on any atom is -0.325 e. The lowest BCUT2D eigenvalue weighted by Crippen LogP contribution is -2.39. The first kappa shape index (κ1) is 15.3. The molecule has 0 aromatic carbocycles. The van der Waals surface area contributed by atoms with Crippen molar-refractivity contribution in [2.45, 2.75) is 58.4 Å². The maximum Gasteiger partial charge on any atom is 0.390 e. The van der Waals surface area contributed by atoms with Gasteiger partial charge in [-0.2, -0.15) is 13.2 Å². The molecule has 6 heteroatoms. The van der Waals surface area contributed by atoms with Crippen LogP contribution < -0.4 is 5.32 Å². The Labute approximate surface area is 106 Å². The molecule has 0 aliphatic carbocycles. The third-order valence-corrected chi connectivity index (χ3v) is 3.16. The zero-order chi connectivity index (χ0) is 13.9. The van der Waals surface area contributed by atoms with Crippen LogP contribution in [0.15, 0.2) is 0 Å². The number of carbonyl (C=O) groups excluding carboxylic acids is 1. The molecule has 3 nitrogen and oxygen atoms in total. The fraction of sp³-hybridized carbons (Fsp3) is 0.917. The first-order valence-electron chi connectivity index (χ1n) is 6.39. The molecule has 2 unspecified atom stereocenters. The number of hydrogen-bond acceptors (Lipinski definition) is 2. The third-order valence-electron chi connectivity index (χ3n) is 3.16. The summed E-state index contributed by atoms with van der Waals surface area (Å²) in [5.74, 6) is -0.111. The highest BCUT2D eigenvalue weighted by Gasteiger charge is 2.41. The average molecular weight is 266 g/mol. The first-order valence-corrected chi connectivity index (χ1v) is 6.39. The van der Waals surface area contributed by atoms with Gasteiger partial charge in [0, 0.05) is 6.54 Å². The van der Waals surface area contributed by atoms with Gasteiger partial charge in [-0.1, -0.05) is 27.2 Å². The van der Waals surface area contributed by atoms with E-state index in [0.717, 1.165) is 6.42 Å². The zero-order valence-electron chi connectivity index (χ0n) is 11.0. The van der Waals surface area contributed by atoms with E-state index in [1.165, 1.54) is 4.90 Å². The van der Waals surface area contributed by atoms with Crippen LogP contribution in [0.25, 0.3) is 0 Å². The van der Waals surface area contributed by atoms with Crippen LogP contribution in [0.4, 0.5) is 13.2 Å². The Balaban J connectivity index is 2.68. The van der Waals surface area contributed by atoms with Gasteiger partial charge in [0.05, 0.1) is 18.6 Å². The van der Waals surface area contributed by atoms with Gasteiger partial charge in [0.2, 0.25) is 5.91 Å². The Morgan fingerprint density at radius 1 is 1.39 bits per heavy atom. The number of hydrogen-bond donors (Lipinski definition) is 1. The van der Waals surface area contributed by atoms with Crippen LogP contribution in [-0.4, -0.2) is 35.7 Å². The van der Waals surface area contributed by atoms with Gasteiger partial charge < -0.3 is 4.90 Å². The van der Waals surface area contributed by atoms with Crippen LogP contribution >= 0.6 is 0 Å². The van der Waals surface area contributed by atoms with E-state index in [1.54, 1.807) is 0 Å². The Bertz CT molecular complexity index is 292. The quantitative estimate of drug-likeness (QED) is 0.829. The van der Waals surface area contributed by atoms with E-state index >= 15 is 0 Å². The van der Waals surface area contributed by atoms with Gasteiger partial charge in [0.15, 0.2) is 0 Å². The Kier molecular flexibility index (Phi) is 5.01. The van der Waals surface area contributed by atoms with E-state index in [1.807, 2.05) is 20.8 Å². The molecule has 1 rings (SSSR count). The fourth-order valence-electron chi connectivity index (χ4n) is 2.20. The second-order valence-corrected chi connectivity index (χ2v) is 5.09. The molecule has 2 atom stereocenters. The van der Waals surface area contributed by atoms with Crippen molar-refractivity contribution < 1.29 is 18.0 Å². The Morgan fingerprint density at radius 3 is 2.44 bits per heavy atom. The lowest BCUT2D eigenvalue weighted by Gasteiger charge is -2.24. The van der Waals surface area contributed by atoms with Crippen molar-refractivity contribution in [1.29, 1.82) is 0 Å². The fourth-order valence-corrected chi connectivity index (χ4v) is 2.20. The third kappa shape index (κ3) is 3.86. The molecule has 18 heavy (non-hydrogen) atoms. The van der Waals surface area contributed by atoms with E-state index < -0.39 is 12.6 Å². The molecule has 1 aliphatic rings. The molecular formula is C12H21F3N2O. The SMILES string of the molecule is CCCC1NC(C(C)C)C(=O)N1CCC(F)(F)F. The van der Waals surface area contributed by atoms with Crippen molar-refractivity contribution in [3.8, 4) is 0 Å². The molecule has 1 N–H and O–H groups in total. The van der Waals surface area contributed by atoms with Crippen LogP contribution in [0.1, 0.15) is 40.0 Å². The maximum atomic E-state index is 12.2. The molecule has 1 aliphatic heterocycles. The van der Waals surface area contributed by atoms with Crippen LogP contribution in [-0.2, 0) is 4.79 Å². The standard InChI is InChI=1S/C12H21F3N2O/c1-4-5-9-16-10(8(2)3)11(18)17(9)7-6-12(13,14)15/h8-10,16H,4-7H2,1-3H3. The first-order chi connectivity index (χ1) is 8.26. The van der Waals surface area contributed by atoms with Crippen molar-refractivity contribution >= 4 is 5.91 Å². The molecule has 0 radical (unpaired) electrons. The average Bonchev–Trinajstić information content (AvgIpc) is 2.52. The predicted octanol–water partition coefficient (Wildman–Crippen LogP) is 2.52. The zero-order valence-corrected chi connectivity index (χ0v) is 11.0. The second-order valence-electron chi connectivity index (χ2n) is 5.09. The number of halogens is 3. The Morgan fingerprint density at radius 2 is 2.00 bits per heavy atom. The van der Waals surface area contributed by atoms with Gasteiger partial charge in [0.25, 0.3) is 0 Å². The van der Waals surface area contributed by atoms with Crippen molar-refractivity contribution in [2.75, 3.05) is 6.54 Å². The van der Waals surface area contributed by atoms with Gasteiger partial charge >= 0.3 is 6.18 Å². The summed E-state index contributed by atoms with van der Waals surface area (Å²) in [5, 5.41) is 3.14. The largest absolute Gasteiger partial charge is 0.390 e. The second kappa shape index (κ2) is 5.91. The molecule has 0 saturated carbocycles. The molecule has 106 valence electrons. The smallest absolute Gasteiger partial charge is 0.325 e. The number of amides is 1.